The molecule has 0 spiro atoms. The first-order valence-corrected chi connectivity index (χ1v) is 12.1. The van der Waals surface area contributed by atoms with Gasteiger partial charge in [0.2, 0.25) is 15.9 Å². The Kier molecular flexibility index (Phi) is 7.53. The average molecular weight is 485 g/mol. The van der Waals surface area contributed by atoms with E-state index in [4.69, 9.17) is 4.74 Å². The summed E-state index contributed by atoms with van der Waals surface area (Å²) in [6.07, 6.45) is 0. The smallest absolute Gasteiger partial charge is 0.243 e. The molecule has 2 aromatic rings. The number of nitrogens with zero attached hydrogens (tertiary/aromatic N) is 1. The summed E-state index contributed by atoms with van der Waals surface area (Å²) >= 11 is 4.80. The quantitative estimate of drug-likeness (QED) is 0.651. The van der Waals surface area contributed by atoms with Gasteiger partial charge >= 0.3 is 0 Å². The molecule has 1 saturated heterocycles. The van der Waals surface area contributed by atoms with E-state index in [2.05, 4.69) is 21.2 Å². The Balaban J connectivity index is 1.54. The van der Waals surface area contributed by atoms with Crippen molar-refractivity contribution in [1.82, 2.24) is 4.31 Å². The minimum Gasteiger partial charge on any atom is -0.379 e. The highest BCUT2D eigenvalue weighted by Gasteiger charge is 2.26. The molecule has 1 fully saturated rings. The van der Waals surface area contributed by atoms with E-state index in [-0.39, 0.29) is 16.6 Å². The van der Waals surface area contributed by atoms with E-state index in [1.807, 2.05) is 30.3 Å². The number of rotatable bonds is 7. The van der Waals surface area contributed by atoms with E-state index in [9.17, 15) is 13.2 Å². The lowest BCUT2D eigenvalue weighted by Gasteiger charge is -2.26. The molecule has 0 bridgehead atoms. The third kappa shape index (κ3) is 5.81. The number of halogens is 1. The highest BCUT2D eigenvalue weighted by atomic mass is 79.9. The van der Waals surface area contributed by atoms with Crippen molar-refractivity contribution in [3.63, 3.8) is 0 Å². The number of nitrogens with one attached hydrogen (secondary N) is 1. The molecule has 6 nitrogen and oxygen atoms in total. The zero-order valence-corrected chi connectivity index (χ0v) is 18.4. The van der Waals surface area contributed by atoms with Crippen molar-refractivity contribution in [2.45, 2.75) is 10.6 Å². The number of hydrogen-bond donors (Lipinski definition) is 1. The largest absolute Gasteiger partial charge is 0.379 e. The number of thioether (sulfide) groups is 1. The van der Waals surface area contributed by atoms with Crippen LogP contribution in [0.25, 0.3) is 0 Å². The lowest BCUT2D eigenvalue weighted by molar-refractivity contribution is -0.113. The number of benzene rings is 2. The van der Waals surface area contributed by atoms with Crippen LogP contribution < -0.4 is 5.32 Å². The maximum absolute atomic E-state index is 12.7. The number of amides is 1. The molecular weight excluding hydrogens is 464 g/mol. The molecule has 2 aromatic carbocycles. The summed E-state index contributed by atoms with van der Waals surface area (Å²) in [7, 11) is -3.51. The van der Waals surface area contributed by atoms with Crippen molar-refractivity contribution in [1.29, 1.82) is 0 Å². The van der Waals surface area contributed by atoms with Crippen LogP contribution in [0.3, 0.4) is 0 Å². The van der Waals surface area contributed by atoms with Gasteiger partial charge in [-0.15, -0.1) is 11.8 Å². The predicted octanol–water partition coefficient (Wildman–Crippen LogP) is 3.34. The molecule has 0 radical (unpaired) electrons. The molecule has 0 unspecified atom stereocenters. The SMILES string of the molecule is O=C(CSCc1cccc(S(=O)(=O)N2CCOCC2)c1)Nc1ccc(Br)cc1. The summed E-state index contributed by atoms with van der Waals surface area (Å²) in [5.74, 6) is 0.751. The first-order valence-electron chi connectivity index (χ1n) is 8.75. The molecule has 0 atom stereocenters. The summed E-state index contributed by atoms with van der Waals surface area (Å²) in [6, 6.07) is 14.3. The van der Waals surface area contributed by atoms with Gasteiger partial charge in [0.25, 0.3) is 0 Å². The molecule has 0 aromatic heterocycles. The number of sulfonamides is 1. The first-order chi connectivity index (χ1) is 13.4. The number of ether oxygens (including phenoxy) is 1. The van der Waals surface area contributed by atoms with Crippen molar-refractivity contribution >= 4 is 49.3 Å². The fourth-order valence-corrected chi connectivity index (χ4v) is 5.24. The summed E-state index contributed by atoms with van der Waals surface area (Å²) in [6.45, 7) is 1.58. The maximum Gasteiger partial charge on any atom is 0.243 e. The lowest BCUT2D eigenvalue weighted by atomic mass is 10.2. The Morgan fingerprint density at radius 3 is 2.57 bits per heavy atom. The third-order valence-electron chi connectivity index (χ3n) is 4.14. The number of carbonyl (C=O) groups is 1. The minimum absolute atomic E-state index is 0.0931. The first kappa shape index (κ1) is 21.3. The van der Waals surface area contributed by atoms with E-state index < -0.39 is 10.0 Å². The van der Waals surface area contributed by atoms with Crippen LogP contribution in [0.2, 0.25) is 0 Å². The van der Waals surface area contributed by atoms with Gasteiger partial charge in [0.05, 0.1) is 23.9 Å². The van der Waals surface area contributed by atoms with Crippen molar-refractivity contribution in [2.24, 2.45) is 0 Å². The topological polar surface area (TPSA) is 75.7 Å². The van der Waals surface area contributed by atoms with Crippen LogP contribution in [-0.4, -0.2) is 50.7 Å². The molecule has 1 heterocycles. The van der Waals surface area contributed by atoms with Gasteiger partial charge in [0, 0.05) is 29.0 Å². The van der Waals surface area contributed by atoms with Crippen molar-refractivity contribution in [2.75, 3.05) is 37.4 Å². The predicted molar refractivity (Wildman–Crippen MR) is 115 cm³/mol. The van der Waals surface area contributed by atoms with E-state index >= 15 is 0 Å². The van der Waals surface area contributed by atoms with E-state index in [1.54, 1.807) is 18.2 Å². The van der Waals surface area contributed by atoms with Crippen LogP contribution in [0.4, 0.5) is 5.69 Å². The number of anilines is 1. The van der Waals surface area contributed by atoms with Gasteiger partial charge in [-0.25, -0.2) is 8.42 Å². The standard InChI is InChI=1S/C19H21BrN2O4S2/c20-16-4-6-17(7-5-16)21-19(23)14-27-13-15-2-1-3-18(12-15)28(24,25)22-8-10-26-11-9-22/h1-7,12H,8-11,13-14H2,(H,21,23). The van der Waals surface area contributed by atoms with Gasteiger partial charge in [-0.05, 0) is 42.0 Å². The van der Waals surface area contributed by atoms with Gasteiger partial charge in [0.15, 0.2) is 0 Å². The zero-order valence-electron chi connectivity index (χ0n) is 15.1. The second-order valence-electron chi connectivity index (χ2n) is 6.21. The fourth-order valence-electron chi connectivity index (χ4n) is 2.72. The molecule has 1 aliphatic heterocycles. The summed E-state index contributed by atoms with van der Waals surface area (Å²) < 4.78 is 33.1. The van der Waals surface area contributed by atoms with Gasteiger partial charge in [0.1, 0.15) is 0 Å². The number of morpholine rings is 1. The van der Waals surface area contributed by atoms with Gasteiger partial charge in [-0.1, -0.05) is 28.1 Å². The lowest BCUT2D eigenvalue weighted by Crippen LogP contribution is -2.40. The Morgan fingerprint density at radius 2 is 1.86 bits per heavy atom. The van der Waals surface area contributed by atoms with Crippen molar-refractivity contribution < 1.29 is 17.9 Å². The molecule has 0 saturated carbocycles. The second kappa shape index (κ2) is 9.89. The van der Waals surface area contributed by atoms with Crippen LogP contribution in [0.5, 0.6) is 0 Å². The number of carbonyl (C=O) groups excluding carboxylic acids is 1. The molecule has 1 amide bonds. The van der Waals surface area contributed by atoms with Crippen molar-refractivity contribution in [3.05, 3.63) is 58.6 Å². The highest BCUT2D eigenvalue weighted by Crippen LogP contribution is 2.21. The Bertz CT molecular complexity index is 914. The molecular formula is C19H21BrN2O4S2. The minimum atomic E-state index is -3.51. The van der Waals surface area contributed by atoms with Gasteiger partial charge < -0.3 is 10.1 Å². The van der Waals surface area contributed by atoms with Crippen molar-refractivity contribution in [3.8, 4) is 0 Å². The summed E-state index contributed by atoms with van der Waals surface area (Å²) in [5, 5.41) is 2.84. The van der Waals surface area contributed by atoms with E-state index in [0.29, 0.717) is 32.1 Å². The Labute approximate surface area is 177 Å². The molecule has 1 N–H and O–H groups in total. The third-order valence-corrected chi connectivity index (χ3v) is 7.56. The molecule has 9 heteroatoms. The monoisotopic (exact) mass is 484 g/mol. The van der Waals surface area contributed by atoms with Crippen LogP contribution in [0.15, 0.2) is 57.9 Å². The highest BCUT2D eigenvalue weighted by molar-refractivity contribution is 9.10. The Morgan fingerprint density at radius 1 is 1.14 bits per heavy atom. The molecule has 0 aliphatic carbocycles. The number of hydrogen-bond acceptors (Lipinski definition) is 5. The van der Waals surface area contributed by atoms with Crippen LogP contribution in [0.1, 0.15) is 5.56 Å². The zero-order chi connectivity index (χ0) is 20.0. The maximum atomic E-state index is 12.7. The molecule has 1 aliphatic rings. The van der Waals surface area contributed by atoms with Gasteiger partial charge in [-0.2, -0.15) is 4.31 Å². The molecule has 28 heavy (non-hydrogen) atoms. The van der Waals surface area contributed by atoms with Crippen LogP contribution in [-0.2, 0) is 25.3 Å². The molecule has 3 rings (SSSR count). The molecule has 150 valence electrons. The van der Waals surface area contributed by atoms with Crippen LogP contribution in [0, 0.1) is 0 Å². The normalized spacial score (nSPS) is 15.3. The van der Waals surface area contributed by atoms with E-state index in [0.717, 1.165) is 15.7 Å². The van der Waals surface area contributed by atoms with Crippen LogP contribution >= 0.6 is 27.7 Å². The average Bonchev–Trinajstić information content (AvgIpc) is 2.71. The van der Waals surface area contributed by atoms with Gasteiger partial charge in [-0.3, -0.25) is 4.79 Å². The summed E-state index contributed by atoms with van der Waals surface area (Å²) in [4.78, 5) is 12.3. The summed E-state index contributed by atoms with van der Waals surface area (Å²) in [5.41, 5.74) is 1.61. The Hall–Kier alpha value is -1.39. The fraction of sp³-hybridized carbons (Fsp3) is 0.316. The van der Waals surface area contributed by atoms with E-state index in [1.165, 1.54) is 16.1 Å². The second-order valence-corrected chi connectivity index (χ2v) is 10.1.